The van der Waals surface area contributed by atoms with Gasteiger partial charge in [-0.05, 0) is 37.1 Å². The van der Waals surface area contributed by atoms with Gasteiger partial charge in [0.1, 0.15) is 29.1 Å². The van der Waals surface area contributed by atoms with Crippen LogP contribution in [0.5, 0.6) is 5.75 Å². The fourth-order valence-electron chi connectivity index (χ4n) is 4.34. The van der Waals surface area contributed by atoms with Crippen LogP contribution < -0.4 is 15.4 Å². The van der Waals surface area contributed by atoms with Gasteiger partial charge in [-0.15, -0.1) is 0 Å². The second kappa shape index (κ2) is 6.24. The van der Waals surface area contributed by atoms with E-state index in [-0.39, 0.29) is 23.7 Å². The van der Waals surface area contributed by atoms with E-state index in [2.05, 4.69) is 15.6 Å². The zero-order chi connectivity index (χ0) is 21.3. The predicted octanol–water partition coefficient (Wildman–Crippen LogP) is 3.97. The van der Waals surface area contributed by atoms with E-state index in [0.717, 1.165) is 18.4 Å². The Balaban J connectivity index is 1.43. The van der Waals surface area contributed by atoms with E-state index >= 15 is 0 Å². The average molecular weight is 421 g/mol. The summed E-state index contributed by atoms with van der Waals surface area (Å²) in [6, 6.07) is 10.4. The summed E-state index contributed by atoms with van der Waals surface area (Å²) in [5.74, 6) is -1.18. The number of benzene rings is 2. The topological polar surface area (TPSA) is 83.5 Å². The number of halogens is 2. The number of carbonyl (C=O) groups excluding carboxylic acids is 1. The molecule has 1 aliphatic carbocycles. The van der Waals surface area contributed by atoms with Crippen molar-refractivity contribution in [3.8, 4) is 17.0 Å². The molecule has 2 aliphatic heterocycles. The van der Waals surface area contributed by atoms with Gasteiger partial charge in [-0.25, -0.2) is 13.8 Å². The molecule has 3 aromatic rings. The van der Waals surface area contributed by atoms with Crippen LogP contribution in [0.15, 0.2) is 42.5 Å². The van der Waals surface area contributed by atoms with Crippen LogP contribution in [0, 0.1) is 11.6 Å². The Bertz CT molecular complexity index is 1250. The molecular weight excluding hydrogens is 404 g/mol. The van der Waals surface area contributed by atoms with Crippen molar-refractivity contribution in [3.05, 3.63) is 70.9 Å². The molecule has 0 bridgehead atoms. The maximum absolute atomic E-state index is 14.4. The van der Waals surface area contributed by atoms with Gasteiger partial charge in [-0.2, -0.15) is 0 Å². The van der Waals surface area contributed by atoms with Crippen LogP contribution in [0.1, 0.15) is 40.6 Å². The van der Waals surface area contributed by atoms with Gasteiger partial charge in [0.25, 0.3) is 5.91 Å². The lowest BCUT2D eigenvalue weighted by molar-refractivity contribution is 0.0489. The first kappa shape index (κ1) is 18.3. The van der Waals surface area contributed by atoms with E-state index in [1.54, 1.807) is 18.2 Å². The predicted molar refractivity (Wildman–Crippen MR) is 108 cm³/mol. The highest BCUT2D eigenvalue weighted by Crippen LogP contribution is 2.56. The van der Waals surface area contributed by atoms with Crippen LogP contribution in [0.4, 0.5) is 20.2 Å². The molecule has 1 aromatic heterocycles. The number of aliphatic hydroxyl groups is 1. The number of ether oxygens (including phenoxy) is 1. The van der Waals surface area contributed by atoms with Gasteiger partial charge in [0.2, 0.25) is 0 Å². The molecule has 3 N–H and O–H groups in total. The first-order valence-corrected chi connectivity index (χ1v) is 10.00. The Hall–Kier alpha value is -3.52. The van der Waals surface area contributed by atoms with Gasteiger partial charge in [-0.3, -0.25) is 4.79 Å². The van der Waals surface area contributed by atoms with Crippen molar-refractivity contribution in [1.29, 1.82) is 0 Å². The van der Waals surface area contributed by atoms with Crippen molar-refractivity contribution in [3.63, 3.8) is 0 Å². The summed E-state index contributed by atoms with van der Waals surface area (Å²) >= 11 is 0. The molecule has 1 fully saturated rings. The number of hydrogen-bond acceptors (Lipinski definition) is 5. The van der Waals surface area contributed by atoms with Crippen LogP contribution in [-0.2, 0) is 6.54 Å². The Morgan fingerprint density at radius 2 is 1.90 bits per heavy atom. The van der Waals surface area contributed by atoms with Crippen molar-refractivity contribution >= 4 is 17.3 Å². The minimum absolute atomic E-state index is 0.0955. The SMILES string of the molecule is O=C1NCc2nc(-c3c(F)cccc3F)cc(Nc3ccc4c(c3)OC3(CC3)C4O)c21. The lowest BCUT2D eigenvalue weighted by Gasteiger charge is -2.14. The number of fused-ring (bicyclic) bond motifs is 2. The van der Waals surface area contributed by atoms with Gasteiger partial charge in [0.15, 0.2) is 0 Å². The number of aliphatic hydroxyl groups excluding tert-OH is 1. The summed E-state index contributed by atoms with van der Waals surface area (Å²) in [4.78, 5) is 16.7. The van der Waals surface area contributed by atoms with Crippen molar-refractivity contribution in [2.24, 2.45) is 0 Å². The zero-order valence-corrected chi connectivity index (χ0v) is 16.2. The fraction of sp³-hybridized carbons (Fsp3) is 0.217. The minimum Gasteiger partial charge on any atom is -0.484 e. The summed E-state index contributed by atoms with van der Waals surface area (Å²) in [7, 11) is 0. The Labute approximate surface area is 175 Å². The molecule has 8 heteroatoms. The number of anilines is 2. The van der Waals surface area contributed by atoms with E-state index in [1.807, 2.05) is 0 Å². The maximum atomic E-state index is 14.4. The van der Waals surface area contributed by atoms with Crippen molar-refractivity contribution in [1.82, 2.24) is 10.3 Å². The summed E-state index contributed by atoms with van der Waals surface area (Å²) in [6.45, 7) is 0.175. The Kier molecular flexibility index (Phi) is 3.68. The van der Waals surface area contributed by atoms with Crippen LogP contribution in [0.3, 0.4) is 0 Å². The highest BCUT2D eigenvalue weighted by molar-refractivity contribution is 6.04. The van der Waals surface area contributed by atoms with Crippen molar-refractivity contribution < 1.29 is 23.4 Å². The molecule has 3 heterocycles. The van der Waals surface area contributed by atoms with E-state index in [1.165, 1.54) is 24.3 Å². The zero-order valence-electron chi connectivity index (χ0n) is 16.2. The molecule has 1 amide bonds. The van der Waals surface area contributed by atoms with Crippen molar-refractivity contribution in [2.75, 3.05) is 5.32 Å². The molecule has 1 saturated carbocycles. The van der Waals surface area contributed by atoms with E-state index in [0.29, 0.717) is 28.4 Å². The monoisotopic (exact) mass is 421 g/mol. The number of aromatic nitrogens is 1. The highest BCUT2D eigenvalue weighted by atomic mass is 19.1. The third kappa shape index (κ3) is 2.71. The molecule has 3 aliphatic rings. The summed E-state index contributed by atoms with van der Waals surface area (Å²) in [5.41, 5.74) is 1.83. The van der Waals surface area contributed by atoms with Gasteiger partial charge in [0, 0.05) is 17.3 Å². The molecule has 156 valence electrons. The molecule has 1 spiro atoms. The fourth-order valence-corrected chi connectivity index (χ4v) is 4.34. The largest absolute Gasteiger partial charge is 0.484 e. The number of nitrogens with one attached hydrogen (secondary N) is 2. The molecule has 6 nitrogen and oxygen atoms in total. The normalized spacial score (nSPS) is 19.6. The molecule has 2 aromatic carbocycles. The average Bonchev–Trinajstić information content (AvgIpc) is 3.34. The number of hydrogen-bond donors (Lipinski definition) is 3. The quantitative estimate of drug-likeness (QED) is 0.596. The van der Waals surface area contributed by atoms with Crippen LogP contribution >= 0.6 is 0 Å². The number of nitrogens with zero attached hydrogens (tertiary/aromatic N) is 1. The van der Waals surface area contributed by atoms with Gasteiger partial charge in [0.05, 0.1) is 34.7 Å². The molecule has 31 heavy (non-hydrogen) atoms. The van der Waals surface area contributed by atoms with Crippen LogP contribution in [0.25, 0.3) is 11.3 Å². The molecular formula is C23H17F2N3O3. The molecule has 1 unspecified atom stereocenters. The number of rotatable bonds is 3. The van der Waals surface area contributed by atoms with E-state index < -0.39 is 23.3 Å². The van der Waals surface area contributed by atoms with E-state index in [9.17, 15) is 18.7 Å². The summed E-state index contributed by atoms with van der Waals surface area (Å²) in [6.07, 6.45) is 0.964. The van der Waals surface area contributed by atoms with Crippen LogP contribution in [0.2, 0.25) is 0 Å². The molecule has 0 saturated heterocycles. The maximum Gasteiger partial charge on any atom is 0.255 e. The van der Waals surface area contributed by atoms with Gasteiger partial charge < -0.3 is 20.5 Å². The van der Waals surface area contributed by atoms with E-state index in [4.69, 9.17) is 4.74 Å². The Morgan fingerprint density at radius 3 is 2.65 bits per heavy atom. The second-order valence-electron chi connectivity index (χ2n) is 8.10. The van der Waals surface area contributed by atoms with Gasteiger partial charge >= 0.3 is 0 Å². The standard InChI is InChI=1S/C23H17F2N3O3/c24-13-2-1-3-14(25)19(13)15-9-16(20-17(28-15)10-26-22(20)30)27-11-4-5-12-18(8-11)31-23(6-7-23)21(12)29/h1-5,8-9,21,29H,6-7,10H2,(H,26,30)(H,27,28). The summed E-state index contributed by atoms with van der Waals surface area (Å²) < 4.78 is 34.7. The third-order valence-electron chi connectivity index (χ3n) is 6.10. The highest BCUT2D eigenvalue weighted by Gasteiger charge is 2.57. The molecule has 6 rings (SSSR count). The van der Waals surface area contributed by atoms with Crippen molar-refractivity contribution in [2.45, 2.75) is 31.1 Å². The molecule has 1 atom stereocenters. The summed E-state index contributed by atoms with van der Waals surface area (Å²) in [5, 5.41) is 16.3. The minimum atomic E-state index is -0.731. The first-order chi connectivity index (χ1) is 14.9. The number of pyridine rings is 1. The Morgan fingerprint density at radius 1 is 1.13 bits per heavy atom. The third-order valence-corrected chi connectivity index (χ3v) is 6.10. The lowest BCUT2D eigenvalue weighted by atomic mass is 10.0. The van der Waals surface area contributed by atoms with Crippen LogP contribution in [-0.4, -0.2) is 21.6 Å². The number of amides is 1. The van der Waals surface area contributed by atoms with Gasteiger partial charge in [-0.1, -0.05) is 12.1 Å². The smallest absolute Gasteiger partial charge is 0.255 e. The second-order valence-corrected chi connectivity index (χ2v) is 8.10. The molecule has 0 radical (unpaired) electrons. The number of carbonyl (C=O) groups is 1. The first-order valence-electron chi connectivity index (χ1n) is 10.00. The lowest BCUT2D eigenvalue weighted by Crippen LogP contribution is -2.19.